The number of rotatable bonds is 9. The van der Waals surface area contributed by atoms with Gasteiger partial charge in [-0.2, -0.15) is 0 Å². The van der Waals surface area contributed by atoms with Crippen LogP contribution in [-0.2, 0) is 14.2 Å². The molecule has 3 aliphatic rings. The van der Waals surface area contributed by atoms with Crippen LogP contribution in [0, 0.1) is 0 Å². The molecule has 0 spiro atoms. The molecule has 1 aromatic rings. The molecule has 3 fully saturated rings. The summed E-state index contributed by atoms with van der Waals surface area (Å²) in [5.41, 5.74) is 0. The van der Waals surface area contributed by atoms with Gasteiger partial charge in [0.2, 0.25) is 0 Å². The Hall–Kier alpha value is -1.50. The van der Waals surface area contributed by atoms with E-state index in [1.807, 2.05) is 18.2 Å². The molecule has 0 radical (unpaired) electrons. The van der Waals surface area contributed by atoms with Crippen LogP contribution in [0.5, 0.6) is 17.2 Å². The van der Waals surface area contributed by atoms with E-state index in [4.69, 9.17) is 28.4 Å². The molecule has 6 heteroatoms. The quantitative estimate of drug-likeness (QED) is 0.634. The summed E-state index contributed by atoms with van der Waals surface area (Å²) in [6, 6.07) is 5.61. The first-order chi connectivity index (χ1) is 10.4. The molecule has 0 saturated carbocycles. The zero-order valence-electron chi connectivity index (χ0n) is 11.7. The maximum Gasteiger partial charge on any atom is 0.165 e. The summed E-state index contributed by atoms with van der Waals surface area (Å²) < 4.78 is 32.6. The third-order valence-electron chi connectivity index (χ3n) is 3.41. The minimum atomic E-state index is 0.203. The molecule has 0 aromatic heterocycles. The Morgan fingerprint density at radius 1 is 0.762 bits per heavy atom. The van der Waals surface area contributed by atoms with E-state index in [1.54, 1.807) is 0 Å². The van der Waals surface area contributed by atoms with Crippen molar-refractivity contribution >= 4 is 0 Å². The largest absolute Gasteiger partial charge is 0.491 e. The first kappa shape index (κ1) is 13.2. The zero-order valence-corrected chi connectivity index (χ0v) is 11.7. The van der Waals surface area contributed by atoms with Crippen LogP contribution in [0.1, 0.15) is 0 Å². The molecule has 3 unspecified atom stereocenters. The molecular weight excluding hydrogens is 276 g/mol. The molecule has 3 aliphatic heterocycles. The second-order valence-corrected chi connectivity index (χ2v) is 5.41. The van der Waals surface area contributed by atoms with Crippen LogP contribution in [0.25, 0.3) is 0 Å². The Kier molecular flexibility index (Phi) is 3.58. The van der Waals surface area contributed by atoms with Crippen molar-refractivity contribution in [2.45, 2.75) is 18.3 Å². The van der Waals surface area contributed by atoms with Gasteiger partial charge < -0.3 is 28.4 Å². The zero-order chi connectivity index (χ0) is 14.1. The molecule has 4 rings (SSSR count). The van der Waals surface area contributed by atoms with Gasteiger partial charge in [0.15, 0.2) is 11.5 Å². The summed E-state index contributed by atoms with van der Waals surface area (Å²) in [6.07, 6.45) is 0.652. The van der Waals surface area contributed by atoms with Crippen LogP contribution >= 0.6 is 0 Å². The molecule has 0 amide bonds. The van der Waals surface area contributed by atoms with Crippen molar-refractivity contribution in [1.82, 2.24) is 0 Å². The number of epoxide rings is 3. The Labute approximate surface area is 122 Å². The van der Waals surface area contributed by atoms with Gasteiger partial charge in [-0.25, -0.2) is 0 Å². The smallest absolute Gasteiger partial charge is 0.165 e. The van der Waals surface area contributed by atoms with Crippen molar-refractivity contribution in [3.8, 4) is 17.2 Å². The fourth-order valence-corrected chi connectivity index (χ4v) is 1.86. The summed E-state index contributed by atoms with van der Waals surface area (Å²) >= 11 is 0. The lowest BCUT2D eigenvalue weighted by Gasteiger charge is -2.13. The Bertz CT molecular complexity index is 493. The molecule has 114 valence electrons. The molecule has 1 aromatic carbocycles. The van der Waals surface area contributed by atoms with Crippen LogP contribution in [0.15, 0.2) is 18.2 Å². The Morgan fingerprint density at radius 2 is 1.29 bits per heavy atom. The number of ether oxygens (including phenoxy) is 6. The monoisotopic (exact) mass is 294 g/mol. The van der Waals surface area contributed by atoms with Crippen LogP contribution in [0.2, 0.25) is 0 Å². The maximum absolute atomic E-state index is 5.77. The summed E-state index contributed by atoms with van der Waals surface area (Å²) in [6.45, 7) is 3.97. The fraction of sp³-hybridized carbons (Fsp3) is 0.600. The van der Waals surface area contributed by atoms with E-state index in [0.29, 0.717) is 31.3 Å². The lowest BCUT2D eigenvalue weighted by molar-refractivity contribution is 0.225. The van der Waals surface area contributed by atoms with Gasteiger partial charge in [-0.1, -0.05) is 0 Å². The van der Waals surface area contributed by atoms with Crippen molar-refractivity contribution < 1.29 is 28.4 Å². The second-order valence-electron chi connectivity index (χ2n) is 5.41. The van der Waals surface area contributed by atoms with E-state index >= 15 is 0 Å². The van der Waals surface area contributed by atoms with E-state index in [0.717, 1.165) is 25.6 Å². The SMILES string of the molecule is c1cc(OCC2CO2)c(OCC2CO2)cc1OCC1CO1. The molecule has 3 heterocycles. The molecule has 0 aliphatic carbocycles. The van der Waals surface area contributed by atoms with Crippen molar-refractivity contribution in [2.75, 3.05) is 39.6 Å². The Morgan fingerprint density at radius 3 is 1.86 bits per heavy atom. The molecule has 3 atom stereocenters. The predicted molar refractivity (Wildman–Crippen MR) is 72.1 cm³/mol. The van der Waals surface area contributed by atoms with Crippen molar-refractivity contribution in [3.63, 3.8) is 0 Å². The summed E-state index contributed by atoms with van der Waals surface area (Å²) in [7, 11) is 0. The lowest BCUT2D eigenvalue weighted by atomic mass is 10.3. The van der Waals surface area contributed by atoms with Gasteiger partial charge in [0.1, 0.15) is 43.9 Å². The average Bonchev–Trinajstić information content (AvgIpc) is 3.39. The highest BCUT2D eigenvalue weighted by molar-refractivity contribution is 5.45. The minimum Gasteiger partial charge on any atom is -0.491 e. The second kappa shape index (κ2) is 5.71. The van der Waals surface area contributed by atoms with E-state index in [-0.39, 0.29) is 18.3 Å². The molecule has 6 nitrogen and oxygen atoms in total. The van der Waals surface area contributed by atoms with Crippen LogP contribution < -0.4 is 14.2 Å². The highest BCUT2D eigenvalue weighted by atomic mass is 16.6. The topological polar surface area (TPSA) is 65.3 Å². The normalized spacial score (nSPS) is 28.9. The molecule has 3 saturated heterocycles. The van der Waals surface area contributed by atoms with Crippen molar-refractivity contribution in [2.24, 2.45) is 0 Å². The van der Waals surface area contributed by atoms with Gasteiger partial charge in [-0.3, -0.25) is 0 Å². The van der Waals surface area contributed by atoms with Gasteiger partial charge >= 0.3 is 0 Å². The summed E-state index contributed by atoms with van der Waals surface area (Å²) in [4.78, 5) is 0. The lowest BCUT2D eigenvalue weighted by Crippen LogP contribution is -2.09. The third-order valence-corrected chi connectivity index (χ3v) is 3.41. The third kappa shape index (κ3) is 4.00. The highest BCUT2D eigenvalue weighted by Crippen LogP contribution is 2.33. The van der Waals surface area contributed by atoms with Gasteiger partial charge in [0.05, 0.1) is 19.8 Å². The number of hydrogen-bond acceptors (Lipinski definition) is 6. The van der Waals surface area contributed by atoms with E-state index in [2.05, 4.69) is 0 Å². The van der Waals surface area contributed by atoms with E-state index < -0.39 is 0 Å². The van der Waals surface area contributed by atoms with Gasteiger partial charge in [-0.05, 0) is 12.1 Å². The minimum absolute atomic E-state index is 0.203. The maximum atomic E-state index is 5.77. The first-order valence-electron chi connectivity index (χ1n) is 7.24. The van der Waals surface area contributed by atoms with Crippen molar-refractivity contribution in [3.05, 3.63) is 18.2 Å². The predicted octanol–water partition coefficient (Wildman–Crippen LogP) is 1.02. The Balaban J connectivity index is 1.40. The number of benzene rings is 1. The summed E-state index contributed by atoms with van der Waals surface area (Å²) in [5, 5.41) is 0. The fourth-order valence-electron chi connectivity index (χ4n) is 1.86. The van der Waals surface area contributed by atoms with Crippen LogP contribution in [0.3, 0.4) is 0 Å². The first-order valence-corrected chi connectivity index (χ1v) is 7.24. The van der Waals surface area contributed by atoms with E-state index in [9.17, 15) is 0 Å². The van der Waals surface area contributed by atoms with E-state index in [1.165, 1.54) is 0 Å². The average molecular weight is 294 g/mol. The van der Waals surface area contributed by atoms with Crippen molar-refractivity contribution in [1.29, 1.82) is 0 Å². The molecule has 21 heavy (non-hydrogen) atoms. The molecular formula is C15H18O6. The van der Waals surface area contributed by atoms with Gasteiger partial charge in [-0.15, -0.1) is 0 Å². The highest BCUT2D eigenvalue weighted by Gasteiger charge is 2.26. The molecule has 0 bridgehead atoms. The van der Waals surface area contributed by atoms with Crippen LogP contribution in [-0.4, -0.2) is 58.0 Å². The van der Waals surface area contributed by atoms with Crippen LogP contribution in [0.4, 0.5) is 0 Å². The standard InChI is InChI=1S/C15H18O6/c1-2-14(20-8-12-6-18-12)15(21-9-13-7-19-13)3-10(1)16-4-11-5-17-11/h1-3,11-13H,4-9H2. The van der Waals surface area contributed by atoms with Gasteiger partial charge in [0.25, 0.3) is 0 Å². The number of hydrogen-bond donors (Lipinski definition) is 0. The summed E-state index contributed by atoms with van der Waals surface area (Å²) in [5.74, 6) is 2.15. The van der Waals surface area contributed by atoms with Gasteiger partial charge in [0, 0.05) is 6.07 Å². The molecule has 0 N–H and O–H groups in total.